The molecule has 1 heterocycles. The molecule has 0 aliphatic heterocycles. The monoisotopic (exact) mass is 264 g/mol. The molecular formula is C16H13N2P. The van der Waals surface area contributed by atoms with Gasteiger partial charge in [-0.05, 0) is 16.7 Å². The second-order valence-electron chi connectivity index (χ2n) is 4.14. The van der Waals surface area contributed by atoms with Crippen LogP contribution in [0.3, 0.4) is 0 Å². The molecule has 0 saturated carbocycles. The lowest BCUT2D eigenvalue weighted by Crippen LogP contribution is -2.02. The molecule has 2 aromatic carbocycles. The highest BCUT2D eigenvalue weighted by molar-refractivity contribution is 7.55. The number of benzene rings is 2. The first-order valence-electron chi connectivity index (χ1n) is 6.11. The molecule has 0 fully saturated rings. The molecule has 0 bridgehead atoms. The van der Waals surface area contributed by atoms with E-state index in [1.165, 1.54) is 10.6 Å². The fourth-order valence-electron chi connectivity index (χ4n) is 1.84. The van der Waals surface area contributed by atoms with Crippen LogP contribution in [0.15, 0.2) is 73.1 Å². The normalized spacial score (nSPS) is 10.9. The third-order valence-electron chi connectivity index (χ3n) is 2.77. The van der Waals surface area contributed by atoms with Crippen molar-refractivity contribution in [1.82, 2.24) is 9.97 Å². The maximum atomic E-state index is 4.25. The van der Waals surface area contributed by atoms with Crippen molar-refractivity contribution in [2.24, 2.45) is 0 Å². The van der Waals surface area contributed by atoms with Crippen LogP contribution in [-0.2, 0) is 0 Å². The van der Waals surface area contributed by atoms with Gasteiger partial charge < -0.3 is 0 Å². The van der Waals surface area contributed by atoms with E-state index in [-0.39, 0.29) is 0 Å². The minimum Gasteiger partial charge on any atom is -0.237 e. The summed E-state index contributed by atoms with van der Waals surface area (Å²) in [6, 6.07) is 20.8. The minimum atomic E-state index is 0.690. The SMILES string of the molecule is c1ccc(Pc2ccc(-c3ncccn3)cc2)cc1. The largest absolute Gasteiger partial charge is 0.237 e. The van der Waals surface area contributed by atoms with E-state index >= 15 is 0 Å². The van der Waals surface area contributed by atoms with Crippen LogP contribution in [0, 0.1) is 0 Å². The summed E-state index contributed by atoms with van der Waals surface area (Å²) in [6.45, 7) is 0. The topological polar surface area (TPSA) is 25.8 Å². The van der Waals surface area contributed by atoms with Gasteiger partial charge in [-0.25, -0.2) is 9.97 Å². The first kappa shape index (κ1) is 12.0. The van der Waals surface area contributed by atoms with E-state index in [1.54, 1.807) is 12.4 Å². The molecule has 0 aliphatic rings. The maximum Gasteiger partial charge on any atom is 0.159 e. The van der Waals surface area contributed by atoms with Crippen LogP contribution < -0.4 is 10.6 Å². The van der Waals surface area contributed by atoms with Gasteiger partial charge in [0.15, 0.2) is 5.82 Å². The third kappa shape index (κ3) is 3.04. The van der Waals surface area contributed by atoms with Crippen molar-refractivity contribution in [3.8, 4) is 11.4 Å². The number of rotatable bonds is 3. The van der Waals surface area contributed by atoms with E-state index in [0.717, 1.165) is 11.4 Å². The van der Waals surface area contributed by atoms with E-state index in [1.807, 2.05) is 12.1 Å². The lowest BCUT2D eigenvalue weighted by atomic mass is 10.2. The Kier molecular flexibility index (Phi) is 3.62. The Morgan fingerprint density at radius 3 is 1.95 bits per heavy atom. The van der Waals surface area contributed by atoms with Crippen LogP contribution in [-0.4, -0.2) is 9.97 Å². The molecule has 92 valence electrons. The molecule has 19 heavy (non-hydrogen) atoms. The molecule has 0 aliphatic carbocycles. The summed E-state index contributed by atoms with van der Waals surface area (Å²) in [6.07, 6.45) is 3.53. The average Bonchev–Trinajstić information content (AvgIpc) is 2.50. The number of hydrogen-bond donors (Lipinski definition) is 0. The molecule has 1 unspecified atom stereocenters. The highest BCUT2D eigenvalue weighted by Crippen LogP contribution is 2.15. The lowest BCUT2D eigenvalue weighted by Gasteiger charge is -2.04. The fraction of sp³-hybridized carbons (Fsp3) is 0. The zero-order chi connectivity index (χ0) is 12.9. The van der Waals surface area contributed by atoms with Crippen LogP contribution in [0.1, 0.15) is 0 Å². The van der Waals surface area contributed by atoms with Crippen molar-refractivity contribution >= 4 is 19.2 Å². The molecule has 0 radical (unpaired) electrons. The van der Waals surface area contributed by atoms with Crippen LogP contribution >= 0.6 is 8.58 Å². The summed E-state index contributed by atoms with van der Waals surface area (Å²) in [5.74, 6) is 0.775. The van der Waals surface area contributed by atoms with Gasteiger partial charge in [0.25, 0.3) is 0 Å². The Labute approximate surface area is 114 Å². The van der Waals surface area contributed by atoms with Gasteiger partial charge in [-0.3, -0.25) is 0 Å². The summed E-state index contributed by atoms with van der Waals surface area (Å²) in [4.78, 5) is 8.51. The fourth-order valence-corrected chi connectivity index (χ4v) is 2.86. The Morgan fingerprint density at radius 1 is 0.632 bits per heavy atom. The highest BCUT2D eigenvalue weighted by atomic mass is 31.1. The van der Waals surface area contributed by atoms with Crippen LogP contribution in [0.4, 0.5) is 0 Å². The summed E-state index contributed by atoms with van der Waals surface area (Å²) in [5.41, 5.74) is 1.06. The molecule has 3 heteroatoms. The average molecular weight is 264 g/mol. The first-order chi connectivity index (χ1) is 9.42. The number of aromatic nitrogens is 2. The zero-order valence-electron chi connectivity index (χ0n) is 10.3. The van der Waals surface area contributed by atoms with Crippen molar-refractivity contribution in [3.05, 3.63) is 73.1 Å². The van der Waals surface area contributed by atoms with Crippen molar-refractivity contribution in [3.63, 3.8) is 0 Å². The Balaban J connectivity index is 1.80. The summed E-state index contributed by atoms with van der Waals surface area (Å²) in [5, 5.41) is 2.68. The predicted molar refractivity (Wildman–Crippen MR) is 81.5 cm³/mol. The van der Waals surface area contributed by atoms with Crippen LogP contribution in [0.5, 0.6) is 0 Å². The molecule has 1 aromatic heterocycles. The minimum absolute atomic E-state index is 0.690. The van der Waals surface area contributed by atoms with Gasteiger partial charge in [0.1, 0.15) is 0 Å². The molecule has 0 spiro atoms. The van der Waals surface area contributed by atoms with Gasteiger partial charge in [-0.15, -0.1) is 0 Å². The number of nitrogens with zero attached hydrogens (tertiary/aromatic N) is 2. The Morgan fingerprint density at radius 2 is 1.26 bits per heavy atom. The second kappa shape index (κ2) is 5.73. The molecule has 2 nitrogen and oxygen atoms in total. The van der Waals surface area contributed by atoms with Crippen molar-refractivity contribution < 1.29 is 0 Å². The zero-order valence-corrected chi connectivity index (χ0v) is 11.3. The Bertz CT molecular complexity index is 637. The molecule has 0 amide bonds. The lowest BCUT2D eigenvalue weighted by molar-refractivity contribution is 1.18. The van der Waals surface area contributed by atoms with Crippen LogP contribution in [0.25, 0.3) is 11.4 Å². The molecule has 1 atom stereocenters. The van der Waals surface area contributed by atoms with E-state index in [4.69, 9.17) is 0 Å². The smallest absolute Gasteiger partial charge is 0.159 e. The van der Waals surface area contributed by atoms with Crippen LogP contribution in [0.2, 0.25) is 0 Å². The molecular weight excluding hydrogens is 251 g/mol. The maximum absolute atomic E-state index is 4.25. The van der Waals surface area contributed by atoms with Gasteiger partial charge in [0.2, 0.25) is 0 Å². The molecule has 3 rings (SSSR count). The molecule has 0 saturated heterocycles. The third-order valence-corrected chi connectivity index (χ3v) is 4.02. The van der Waals surface area contributed by atoms with Crippen molar-refractivity contribution in [2.75, 3.05) is 0 Å². The molecule has 0 N–H and O–H groups in total. The van der Waals surface area contributed by atoms with E-state index in [9.17, 15) is 0 Å². The quantitative estimate of drug-likeness (QED) is 0.680. The molecule has 3 aromatic rings. The standard InChI is InChI=1S/C16H13N2P/c1-2-5-14(6-3-1)19-15-9-7-13(8-10-15)16-17-11-4-12-18-16/h1-12,19H. The van der Waals surface area contributed by atoms with Gasteiger partial charge in [-0.1, -0.05) is 63.2 Å². The van der Waals surface area contributed by atoms with Gasteiger partial charge in [0.05, 0.1) is 0 Å². The van der Waals surface area contributed by atoms with Gasteiger partial charge in [0, 0.05) is 18.0 Å². The number of hydrogen-bond acceptors (Lipinski definition) is 2. The van der Waals surface area contributed by atoms with E-state index in [2.05, 4.69) is 58.5 Å². The highest BCUT2D eigenvalue weighted by Gasteiger charge is 2.00. The van der Waals surface area contributed by atoms with Gasteiger partial charge in [-0.2, -0.15) is 0 Å². The van der Waals surface area contributed by atoms with E-state index < -0.39 is 0 Å². The van der Waals surface area contributed by atoms with E-state index in [0.29, 0.717) is 8.58 Å². The Hall–Kier alpha value is -2.05. The first-order valence-corrected chi connectivity index (χ1v) is 7.11. The van der Waals surface area contributed by atoms with Crippen molar-refractivity contribution in [1.29, 1.82) is 0 Å². The van der Waals surface area contributed by atoms with Crippen molar-refractivity contribution in [2.45, 2.75) is 0 Å². The van der Waals surface area contributed by atoms with Gasteiger partial charge >= 0.3 is 0 Å². The second-order valence-corrected chi connectivity index (χ2v) is 5.55. The summed E-state index contributed by atoms with van der Waals surface area (Å²) >= 11 is 0. The predicted octanol–water partition coefficient (Wildman–Crippen LogP) is 2.77. The summed E-state index contributed by atoms with van der Waals surface area (Å²) in [7, 11) is 0.690. The summed E-state index contributed by atoms with van der Waals surface area (Å²) < 4.78 is 0.